The van der Waals surface area contributed by atoms with Gasteiger partial charge in [-0.2, -0.15) is 0 Å². The third-order valence-corrected chi connectivity index (χ3v) is 2.73. The summed E-state index contributed by atoms with van der Waals surface area (Å²) in [5, 5.41) is 0. The van der Waals surface area contributed by atoms with Gasteiger partial charge in [0.2, 0.25) is 0 Å². The Morgan fingerprint density at radius 3 is 1.41 bits per heavy atom. The highest BCUT2D eigenvalue weighted by atomic mass is 16.7. The second kappa shape index (κ2) is 8.79. The van der Waals surface area contributed by atoms with E-state index in [4.69, 9.17) is 28.4 Å². The highest BCUT2D eigenvalue weighted by Crippen LogP contribution is 2.29. The van der Waals surface area contributed by atoms with E-state index < -0.39 is 18.2 Å². The molecule has 0 spiro atoms. The lowest BCUT2D eigenvalue weighted by atomic mass is 9.97. The third-order valence-electron chi connectivity index (χ3n) is 2.73. The van der Waals surface area contributed by atoms with Crippen molar-refractivity contribution in [1.82, 2.24) is 0 Å². The quantitative estimate of drug-likeness (QED) is 0.532. The molecule has 0 saturated heterocycles. The number of ether oxygens (including phenoxy) is 6. The number of rotatable bonds is 10. The Bertz CT molecular complexity index is 167. The lowest BCUT2D eigenvalue weighted by Gasteiger charge is -2.41. The van der Waals surface area contributed by atoms with Crippen LogP contribution in [0.25, 0.3) is 0 Å². The van der Waals surface area contributed by atoms with E-state index in [0.29, 0.717) is 13.0 Å². The topological polar surface area (TPSA) is 55.4 Å². The lowest BCUT2D eigenvalue weighted by Crippen LogP contribution is -2.57. The fraction of sp³-hybridized carbons (Fsp3) is 1.00. The largest absolute Gasteiger partial charge is 0.385 e. The summed E-state index contributed by atoms with van der Waals surface area (Å²) in [5.74, 6) is 0. The van der Waals surface area contributed by atoms with Crippen LogP contribution < -0.4 is 0 Å². The second-order valence-corrected chi connectivity index (χ2v) is 3.51. The van der Waals surface area contributed by atoms with E-state index in [1.165, 1.54) is 28.4 Å². The van der Waals surface area contributed by atoms with E-state index in [9.17, 15) is 0 Å². The first-order valence-corrected chi connectivity index (χ1v) is 5.32. The minimum atomic E-state index is -0.886. The Morgan fingerprint density at radius 2 is 1.18 bits per heavy atom. The molecule has 104 valence electrons. The van der Waals surface area contributed by atoms with Crippen molar-refractivity contribution in [2.75, 3.05) is 49.3 Å². The lowest BCUT2D eigenvalue weighted by molar-refractivity contribution is -0.314. The molecule has 0 aliphatic heterocycles. The molecule has 0 atom stereocenters. The predicted molar refractivity (Wildman–Crippen MR) is 61.8 cm³/mol. The Morgan fingerprint density at radius 1 is 0.765 bits per heavy atom. The molecule has 0 amide bonds. The van der Waals surface area contributed by atoms with Crippen molar-refractivity contribution in [3.63, 3.8) is 0 Å². The molecular weight excluding hydrogens is 228 g/mol. The van der Waals surface area contributed by atoms with Crippen molar-refractivity contribution in [1.29, 1.82) is 0 Å². The van der Waals surface area contributed by atoms with Gasteiger partial charge in [-0.25, -0.2) is 0 Å². The first kappa shape index (κ1) is 16.8. The maximum atomic E-state index is 5.55. The summed E-state index contributed by atoms with van der Waals surface area (Å²) < 4.78 is 31.7. The number of hydrogen-bond acceptors (Lipinski definition) is 6. The molecule has 17 heavy (non-hydrogen) atoms. The molecule has 0 aromatic carbocycles. The minimum absolute atomic E-state index is 0.473. The van der Waals surface area contributed by atoms with Crippen LogP contribution in [0.4, 0.5) is 0 Å². The van der Waals surface area contributed by atoms with Gasteiger partial charge < -0.3 is 28.4 Å². The minimum Gasteiger partial charge on any atom is -0.385 e. The standard InChI is InChI=1S/C11H24O6/c1-12-8-7-11(17-6,9(13-2)14-3)10(15-4)16-5/h9-10H,7-8H2,1-6H3. The molecule has 0 saturated carbocycles. The van der Waals surface area contributed by atoms with Crippen molar-refractivity contribution in [2.24, 2.45) is 0 Å². The molecule has 0 fully saturated rings. The molecule has 0 aromatic rings. The van der Waals surface area contributed by atoms with Crippen LogP contribution in [0, 0.1) is 0 Å². The van der Waals surface area contributed by atoms with Gasteiger partial charge in [0.15, 0.2) is 18.2 Å². The molecular formula is C11H24O6. The third kappa shape index (κ3) is 3.87. The fourth-order valence-electron chi connectivity index (χ4n) is 1.89. The Balaban J connectivity index is 5.09. The predicted octanol–water partition coefficient (Wildman–Crippen LogP) is 0.646. The van der Waals surface area contributed by atoms with Gasteiger partial charge in [0.25, 0.3) is 0 Å². The normalized spacial score (nSPS) is 12.7. The molecule has 0 aliphatic rings. The van der Waals surface area contributed by atoms with Gasteiger partial charge in [-0.3, -0.25) is 0 Å². The molecule has 0 heterocycles. The smallest absolute Gasteiger partial charge is 0.191 e. The van der Waals surface area contributed by atoms with Gasteiger partial charge in [0.1, 0.15) is 0 Å². The summed E-state index contributed by atoms with van der Waals surface area (Å²) >= 11 is 0. The second-order valence-electron chi connectivity index (χ2n) is 3.51. The SMILES string of the molecule is COCCC(OC)(C(OC)OC)C(OC)OC. The maximum absolute atomic E-state index is 5.55. The van der Waals surface area contributed by atoms with Crippen LogP contribution >= 0.6 is 0 Å². The average Bonchev–Trinajstić information content (AvgIpc) is 2.37. The van der Waals surface area contributed by atoms with Gasteiger partial charge in [0, 0.05) is 55.7 Å². The average molecular weight is 252 g/mol. The van der Waals surface area contributed by atoms with Crippen LogP contribution in [0.1, 0.15) is 6.42 Å². The number of methoxy groups -OCH3 is 6. The van der Waals surface area contributed by atoms with E-state index in [1.54, 1.807) is 14.2 Å². The van der Waals surface area contributed by atoms with Crippen molar-refractivity contribution in [2.45, 2.75) is 24.6 Å². The summed E-state index contributed by atoms with van der Waals surface area (Å²) in [6.07, 6.45) is -0.723. The summed E-state index contributed by atoms with van der Waals surface area (Å²) in [7, 11) is 9.33. The molecule has 0 rings (SSSR count). The van der Waals surface area contributed by atoms with E-state index in [2.05, 4.69) is 0 Å². The molecule has 0 N–H and O–H groups in total. The van der Waals surface area contributed by atoms with Crippen LogP contribution in [-0.4, -0.2) is 67.4 Å². The molecule has 6 heteroatoms. The van der Waals surface area contributed by atoms with Gasteiger partial charge in [-0.1, -0.05) is 0 Å². The summed E-state index contributed by atoms with van der Waals surface area (Å²) in [6.45, 7) is 0.473. The summed E-state index contributed by atoms with van der Waals surface area (Å²) in [4.78, 5) is 0. The van der Waals surface area contributed by atoms with Crippen LogP contribution in [0.5, 0.6) is 0 Å². The molecule has 0 aliphatic carbocycles. The fourth-order valence-corrected chi connectivity index (χ4v) is 1.89. The Kier molecular flexibility index (Phi) is 8.67. The summed E-state index contributed by atoms with van der Waals surface area (Å²) in [6, 6.07) is 0. The van der Waals surface area contributed by atoms with E-state index in [0.717, 1.165) is 0 Å². The molecule has 0 unspecified atom stereocenters. The maximum Gasteiger partial charge on any atom is 0.191 e. The zero-order valence-electron chi connectivity index (χ0n) is 11.5. The van der Waals surface area contributed by atoms with E-state index in [-0.39, 0.29) is 0 Å². The van der Waals surface area contributed by atoms with E-state index in [1.807, 2.05) is 0 Å². The zero-order chi connectivity index (χ0) is 13.3. The Labute approximate surface area is 103 Å². The van der Waals surface area contributed by atoms with Crippen molar-refractivity contribution in [3.05, 3.63) is 0 Å². The van der Waals surface area contributed by atoms with Crippen molar-refractivity contribution in [3.8, 4) is 0 Å². The first-order chi connectivity index (χ1) is 8.16. The molecule has 6 nitrogen and oxygen atoms in total. The number of hydrogen-bond donors (Lipinski definition) is 0. The Hall–Kier alpha value is -0.240. The molecule has 0 bridgehead atoms. The molecule has 0 aromatic heterocycles. The van der Waals surface area contributed by atoms with Gasteiger partial charge in [-0.05, 0) is 0 Å². The molecule has 0 radical (unpaired) electrons. The monoisotopic (exact) mass is 252 g/mol. The van der Waals surface area contributed by atoms with Crippen LogP contribution in [0.15, 0.2) is 0 Å². The van der Waals surface area contributed by atoms with E-state index >= 15 is 0 Å². The first-order valence-electron chi connectivity index (χ1n) is 5.32. The van der Waals surface area contributed by atoms with Gasteiger partial charge in [-0.15, -0.1) is 0 Å². The highest BCUT2D eigenvalue weighted by Gasteiger charge is 2.48. The van der Waals surface area contributed by atoms with Crippen LogP contribution in [-0.2, 0) is 28.4 Å². The summed E-state index contributed by atoms with van der Waals surface area (Å²) in [5.41, 5.74) is -0.886. The van der Waals surface area contributed by atoms with Crippen molar-refractivity contribution < 1.29 is 28.4 Å². The van der Waals surface area contributed by atoms with Crippen LogP contribution in [0.2, 0.25) is 0 Å². The van der Waals surface area contributed by atoms with Crippen molar-refractivity contribution >= 4 is 0 Å². The van der Waals surface area contributed by atoms with Crippen LogP contribution in [0.3, 0.4) is 0 Å². The zero-order valence-corrected chi connectivity index (χ0v) is 11.5. The van der Waals surface area contributed by atoms with Gasteiger partial charge in [0.05, 0.1) is 0 Å². The highest BCUT2D eigenvalue weighted by molar-refractivity contribution is 4.88. The van der Waals surface area contributed by atoms with Gasteiger partial charge >= 0.3 is 0 Å².